The first-order valence-electron chi connectivity index (χ1n) is 56.8. The Morgan fingerprint density at radius 3 is 0.416 bits per heavy atom. The minimum atomic E-state index is 0. The minimum absolute atomic E-state index is 0. The molecular formula is C149H172. The predicted octanol–water partition coefficient (Wildman–Crippen LogP) is 42.7. The molecule has 0 bridgehead atoms. The first-order valence-corrected chi connectivity index (χ1v) is 56.8. The van der Waals surface area contributed by atoms with Crippen molar-refractivity contribution >= 4 is 183 Å². The van der Waals surface area contributed by atoms with Crippen LogP contribution >= 0.6 is 0 Å². The van der Waals surface area contributed by atoms with Crippen molar-refractivity contribution in [1.29, 1.82) is 0 Å². The Morgan fingerprint density at radius 2 is 0.168 bits per heavy atom. The molecule has 149 heavy (non-hydrogen) atoms. The van der Waals surface area contributed by atoms with E-state index in [0.29, 0.717) is 0 Å². The fraction of sp³-hybridized carbons (Fsp3) is 0.450. The molecule has 0 aliphatic heterocycles. The van der Waals surface area contributed by atoms with Crippen LogP contribution in [0.3, 0.4) is 0 Å². The van der Waals surface area contributed by atoms with Gasteiger partial charge in [-0.1, -0.05) is 132 Å². The summed E-state index contributed by atoms with van der Waals surface area (Å²) < 4.78 is 0. The van der Waals surface area contributed by atoms with Gasteiger partial charge in [0.2, 0.25) is 0 Å². The maximum absolute atomic E-state index is 2.62. The molecule has 0 nitrogen and oxygen atoms in total. The quantitative estimate of drug-likeness (QED) is 0.105. The van der Waals surface area contributed by atoms with E-state index in [-0.39, 0.29) is 61.6 Å². The summed E-state index contributed by atoms with van der Waals surface area (Å²) in [6.07, 6.45) is 0. The number of hydrogen-bond acceptors (Lipinski definition) is 0. The van der Waals surface area contributed by atoms with E-state index in [2.05, 4.69) is 388 Å². The number of benzene rings is 21. The standard InChI is InChI=1S/C39H42.C37H42.2C36H42.CH4/c1-15-16(2)25-22(8)26-19(5)18(4)24-20(6)21(7)34-32-30(24)29(26)31-28(25)27(17(15)3)23(9)35-33(31)36(32)39(14,37(34,10)11)38(35,12)13;1-15-17(3)24-20(6)21(7)26-27-19(5)16(2)22(8)32-30(27)34-31-29(26)28(24)25(18(15)4)23(9)33(31)36(12,13)37(34,14)35(32,10)11;2*1-15-16(2)18(4)28-26(17(15)3)23(9)27-24(10)34-32-31-25(19(5)20(6)29(28)30(27)31)21(7)22(8)33(32)35(11,12)36(34,13)14;/h1-14H3;1-14H3;2*1-14H3;1H4. The van der Waals surface area contributed by atoms with Crippen molar-refractivity contribution in [3.05, 3.63) is 267 Å². The lowest BCUT2D eigenvalue weighted by Crippen LogP contribution is -2.50. The SMILES string of the molecule is C.Cc1c(C)c(C)c2c(c1C)c(C)c1c(C)c3c4c(c(C)c(C)c5c(C)c(C)c2c1c54)C(C)(C)C3(C)C.Cc1c(C)c(C)c2c(c1C)c(C)c1c(C)c3c4c(c(C)c(C)c5c(C)c(C)c2c1c54)C(C)(C)C3(C)C.Cc1c(C)c(C)c2c3c1C(C)(C)C1(C)c3c3c(c(C)c4c(C)c(C)c(C)c5c(C)c(C)c2c3c45)C1(C)C.Cc1c(C)c2c(C)c3c4c5c6c(c(C)c(C)c7c(C)c(C)c8c(C)c(c1C)c2c4c8c76)C(C)(C)C5(C)C3(C)C. The fourth-order valence-electron chi connectivity index (χ4n) is 38.3. The van der Waals surface area contributed by atoms with Crippen LogP contribution in [-0.2, 0) is 54.1 Å². The zero-order valence-electron chi connectivity index (χ0n) is 102. The lowest BCUT2D eigenvalue weighted by Gasteiger charge is -2.49. The Morgan fingerprint density at radius 1 is 0.0738 bits per heavy atom. The zero-order valence-corrected chi connectivity index (χ0v) is 102. The predicted molar refractivity (Wildman–Crippen MR) is 665 cm³/mol. The van der Waals surface area contributed by atoms with Gasteiger partial charge in [-0.2, -0.15) is 0 Å². The fourth-order valence-corrected chi connectivity index (χ4v) is 38.3. The molecule has 6 aliphatic rings. The summed E-state index contributed by atoms with van der Waals surface area (Å²) in [6.45, 7) is 136. The maximum Gasteiger partial charge on any atom is 0.0121 e. The number of rotatable bonds is 0. The van der Waals surface area contributed by atoms with Gasteiger partial charge >= 0.3 is 0 Å². The monoisotopic (exact) mass is 1960 g/mol. The second-order valence-electron chi connectivity index (χ2n) is 55.5. The Hall–Kier alpha value is -10.7. The van der Waals surface area contributed by atoms with Crippen molar-refractivity contribution in [1.82, 2.24) is 0 Å². The summed E-state index contributed by atoms with van der Waals surface area (Å²) in [5.74, 6) is 0. The van der Waals surface area contributed by atoms with Gasteiger partial charge in [-0.25, -0.2) is 0 Å². The van der Waals surface area contributed by atoms with Gasteiger partial charge in [0.05, 0.1) is 0 Å². The molecule has 2 atom stereocenters. The lowest BCUT2D eigenvalue weighted by atomic mass is 9.53. The number of hydrogen-bond donors (Lipinski definition) is 0. The molecule has 21 aromatic rings. The smallest absolute Gasteiger partial charge is 0.0121 e. The van der Waals surface area contributed by atoms with Gasteiger partial charge in [0.25, 0.3) is 0 Å². The molecule has 768 valence electrons. The highest BCUT2D eigenvalue weighted by Crippen LogP contribution is 2.76. The van der Waals surface area contributed by atoms with E-state index < -0.39 is 0 Å². The third-order valence-electron chi connectivity index (χ3n) is 49.6. The summed E-state index contributed by atoms with van der Waals surface area (Å²) in [7, 11) is 0. The largest absolute Gasteiger partial charge is 0.0776 e. The van der Waals surface area contributed by atoms with Crippen molar-refractivity contribution in [3.63, 3.8) is 0 Å². The van der Waals surface area contributed by atoms with Gasteiger partial charge in [0.15, 0.2) is 0 Å². The molecule has 0 heteroatoms. The third kappa shape index (κ3) is 10.1. The molecule has 0 fully saturated rings. The molecule has 0 radical (unpaired) electrons. The van der Waals surface area contributed by atoms with Crippen LogP contribution in [0.5, 0.6) is 0 Å². The molecule has 21 aromatic carbocycles. The highest BCUT2D eigenvalue weighted by atomic mass is 14.7. The van der Waals surface area contributed by atoms with Crippen LogP contribution in [0.4, 0.5) is 0 Å². The normalized spacial score (nSPS) is 18.8. The maximum atomic E-state index is 2.62. The van der Waals surface area contributed by atoms with E-state index >= 15 is 0 Å². The van der Waals surface area contributed by atoms with Gasteiger partial charge in [-0.05, 0) is 735 Å². The number of aryl methyl sites for hydroxylation is 27. The van der Waals surface area contributed by atoms with Crippen LogP contribution < -0.4 is 0 Å². The van der Waals surface area contributed by atoms with Crippen LogP contribution in [-0.4, -0.2) is 0 Å². The first-order chi connectivity index (χ1) is 68.3. The summed E-state index contributed by atoms with van der Waals surface area (Å²) in [5, 5.41) is 52.3. The van der Waals surface area contributed by atoms with Gasteiger partial charge in [-0.15, -0.1) is 0 Å². The van der Waals surface area contributed by atoms with Crippen LogP contribution in [0.15, 0.2) is 0 Å². The summed E-state index contributed by atoms with van der Waals surface area (Å²) in [4.78, 5) is 0. The summed E-state index contributed by atoms with van der Waals surface area (Å²) >= 11 is 0. The van der Waals surface area contributed by atoms with Gasteiger partial charge in [-0.3, -0.25) is 0 Å². The highest BCUT2D eigenvalue weighted by molar-refractivity contribution is 6.44. The number of fused-ring (bicyclic) bond motifs is 5. The van der Waals surface area contributed by atoms with E-state index in [4.69, 9.17) is 0 Å². The van der Waals surface area contributed by atoms with E-state index in [0.717, 1.165) is 0 Å². The van der Waals surface area contributed by atoms with E-state index in [9.17, 15) is 0 Å². The summed E-state index contributed by atoms with van der Waals surface area (Å²) in [5.41, 5.74) is 72.7. The molecule has 0 saturated carbocycles. The average Bonchev–Trinajstić information content (AvgIpc) is 1.45. The minimum Gasteiger partial charge on any atom is -0.0776 e. The Kier molecular flexibility index (Phi) is 19.9. The molecule has 27 rings (SSSR count). The van der Waals surface area contributed by atoms with Crippen molar-refractivity contribution in [2.45, 2.75) is 449 Å². The van der Waals surface area contributed by atoms with Gasteiger partial charge in [0.1, 0.15) is 0 Å². The van der Waals surface area contributed by atoms with Crippen molar-refractivity contribution < 1.29 is 0 Å². The summed E-state index contributed by atoms with van der Waals surface area (Å²) in [6, 6.07) is 0. The highest BCUT2D eigenvalue weighted by Gasteiger charge is 2.67. The van der Waals surface area contributed by atoms with Crippen molar-refractivity contribution in [2.75, 3.05) is 0 Å². The molecule has 0 spiro atoms. The third-order valence-corrected chi connectivity index (χ3v) is 49.6. The second-order valence-corrected chi connectivity index (χ2v) is 55.5. The van der Waals surface area contributed by atoms with Crippen molar-refractivity contribution in [2.24, 2.45) is 0 Å². The lowest BCUT2D eigenvalue weighted by molar-refractivity contribution is 0.185. The van der Waals surface area contributed by atoms with E-state index in [1.807, 2.05) is 0 Å². The van der Waals surface area contributed by atoms with E-state index in [1.54, 1.807) is 131 Å². The Labute approximate surface area is 893 Å². The van der Waals surface area contributed by atoms with Crippen LogP contribution in [0.1, 0.15) is 399 Å². The molecule has 0 aromatic heterocycles. The Bertz CT molecular complexity index is 9880. The van der Waals surface area contributed by atoms with Gasteiger partial charge in [0, 0.05) is 32.5 Å². The van der Waals surface area contributed by atoms with Crippen molar-refractivity contribution in [3.8, 4) is 0 Å². The van der Waals surface area contributed by atoms with E-state index in [1.165, 1.54) is 319 Å². The molecule has 2 unspecified atom stereocenters. The van der Waals surface area contributed by atoms with Gasteiger partial charge < -0.3 is 0 Å². The molecule has 6 aliphatic carbocycles. The second kappa shape index (κ2) is 29.3. The molecule has 0 N–H and O–H groups in total. The van der Waals surface area contributed by atoms with Crippen LogP contribution in [0.2, 0.25) is 0 Å². The molecule has 0 saturated heterocycles. The average molecular weight is 1960 g/mol. The van der Waals surface area contributed by atoms with Crippen LogP contribution in [0.25, 0.3) is 183 Å². The topological polar surface area (TPSA) is 0 Å². The van der Waals surface area contributed by atoms with Crippen LogP contribution in [0, 0.1) is 263 Å². The Balaban J connectivity index is 0.000000109. The molecular weight excluding hydrogens is 1790 g/mol. The molecule has 0 heterocycles. The first kappa shape index (κ1) is 101. The molecule has 0 amide bonds. The zero-order chi connectivity index (χ0) is 108.